The van der Waals surface area contributed by atoms with E-state index in [0.29, 0.717) is 17.7 Å². The summed E-state index contributed by atoms with van der Waals surface area (Å²) in [6, 6.07) is 1.47. The van der Waals surface area contributed by atoms with Gasteiger partial charge in [0.1, 0.15) is 5.82 Å². The van der Waals surface area contributed by atoms with Crippen LogP contribution in [0.25, 0.3) is 10.9 Å². The molecule has 3 fully saturated rings. The highest BCUT2D eigenvalue weighted by atomic mass is 35.5. The van der Waals surface area contributed by atoms with Gasteiger partial charge in [0.25, 0.3) is 0 Å². The lowest BCUT2D eigenvalue weighted by Gasteiger charge is -2.37. The van der Waals surface area contributed by atoms with Crippen LogP contribution in [-0.2, 0) is 0 Å². The molecule has 148 valence electrons. The summed E-state index contributed by atoms with van der Waals surface area (Å²) < 4.78 is 21.6. The molecular weight excluding hydrogens is 389 g/mol. The number of nitrogens with zero attached hydrogens (tertiary/aromatic N) is 3. The lowest BCUT2D eigenvalue weighted by molar-refractivity contribution is 0.143. The van der Waals surface area contributed by atoms with Crippen LogP contribution in [0.4, 0.5) is 14.9 Å². The molecule has 3 aliphatic rings. The Labute approximate surface area is 164 Å². The van der Waals surface area contributed by atoms with Crippen molar-refractivity contribution < 1.29 is 19.0 Å². The van der Waals surface area contributed by atoms with Gasteiger partial charge in [-0.15, -0.1) is 0 Å². The highest BCUT2D eigenvalue weighted by Crippen LogP contribution is 2.43. The standard InChI is InChI=1S/C19H19ClFN3O4/c20-15-16-12(18(25)14(28-19(26)27)9-24(16)10-1-2-10)7-13(21)17(15)23-6-5-22-4-3-11(23)8-22/h7,9-11H,1-6,8H2,(H,26,27). The predicted octanol–water partition coefficient (Wildman–Crippen LogP) is 3.08. The van der Waals surface area contributed by atoms with E-state index < -0.39 is 17.4 Å². The van der Waals surface area contributed by atoms with Crippen molar-refractivity contribution in [2.45, 2.75) is 31.3 Å². The molecule has 28 heavy (non-hydrogen) atoms. The fourth-order valence-electron chi connectivity index (χ4n) is 4.47. The molecule has 9 heteroatoms. The Morgan fingerprint density at radius 2 is 2.00 bits per heavy atom. The Bertz CT molecular complexity index is 1050. The molecular formula is C19H19ClFN3O4. The molecule has 1 N–H and O–H groups in total. The largest absolute Gasteiger partial charge is 0.511 e. The number of halogens is 2. The molecule has 2 aromatic rings. The molecule has 1 aromatic heterocycles. The molecule has 5 rings (SSSR count). The smallest absolute Gasteiger partial charge is 0.449 e. The van der Waals surface area contributed by atoms with Crippen LogP contribution in [0.5, 0.6) is 5.75 Å². The maximum atomic E-state index is 15.2. The molecule has 3 heterocycles. The van der Waals surface area contributed by atoms with Crippen LogP contribution >= 0.6 is 11.6 Å². The molecule has 0 radical (unpaired) electrons. The van der Waals surface area contributed by atoms with Gasteiger partial charge in [-0.2, -0.15) is 0 Å². The van der Waals surface area contributed by atoms with Crippen molar-refractivity contribution in [3.63, 3.8) is 0 Å². The van der Waals surface area contributed by atoms with Crippen LogP contribution in [-0.4, -0.2) is 52.9 Å². The number of aromatic nitrogens is 1. The van der Waals surface area contributed by atoms with Crippen molar-refractivity contribution in [1.29, 1.82) is 0 Å². The quantitative estimate of drug-likeness (QED) is 0.788. The second-order valence-corrected chi connectivity index (χ2v) is 8.06. The van der Waals surface area contributed by atoms with Gasteiger partial charge in [-0.05, 0) is 25.3 Å². The molecule has 7 nitrogen and oxygen atoms in total. The van der Waals surface area contributed by atoms with E-state index in [9.17, 15) is 9.59 Å². The van der Waals surface area contributed by atoms with E-state index in [1.165, 1.54) is 12.3 Å². The number of benzene rings is 1. The first-order valence-electron chi connectivity index (χ1n) is 9.40. The minimum Gasteiger partial charge on any atom is -0.449 e. The van der Waals surface area contributed by atoms with E-state index in [2.05, 4.69) is 9.64 Å². The summed E-state index contributed by atoms with van der Waals surface area (Å²) in [6.07, 6.45) is 2.52. The van der Waals surface area contributed by atoms with Crippen LogP contribution < -0.4 is 15.1 Å². The number of carboxylic acid groups (broad SMARTS) is 1. The summed E-state index contributed by atoms with van der Waals surface area (Å²) in [5.74, 6) is -0.899. The Balaban J connectivity index is 1.73. The normalized spacial score (nSPS) is 24.0. The second-order valence-electron chi connectivity index (χ2n) is 7.68. The Morgan fingerprint density at radius 3 is 2.71 bits per heavy atom. The van der Waals surface area contributed by atoms with Gasteiger partial charge in [-0.25, -0.2) is 9.18 Å². The van der Waals surface area contributed by atoms with Crippen molar-refractivity contribution in [2.24, 2.45) is 0 Å². The molecule has 1 saturated carbocycles. The SMILES string of the molecule is O=C(O)Oc1cn(C2CC2)c2c(Cl)c(N3CCN4CCC3C4)c(F)cc2c1=O. The summed E-state index contributed by atoms with van der Waals surface area (Å²) in [5.41, 5.74) is 0.109. The highest BCUT2D eigenvalue weighted by molar-refractivity contribution is 6.38. The van der Waals surface area contributed by atoms with Crippen LogP contribution in [0.1, 0.15) is 25.3 Å². The average Bonchev–Trinajstić information content (AvgIpc) is 3.42. The Hall–Kier alpha value is -2.32. The lowest BCUT2D eigenvalue weighted by Crippen LogP contribution is -2.47. The highest BCUT2D eigenvalue weighted by Gasteiger charge is 2.36. The van der Waals surface area contributed by atoms with E-state index in [1.54, 1.807) is 4.57 Å². The van der Waals surface area contributed by atoms with E-state index in [-0.39, 0.29) is 28.2 Å². The maximum Gasteiger partial charge on any atom is 0.511 e. The number of hydrogen-bond acceptors (Lipinski definition) is 5. The number of fused-ring (bicyclic) bond motifs is 3. The van der Waals surface area contributed by atoms with Crippen molar-refractivity contribution in [2.75, 3.05) is 31.1 Å². The van der Waals surface area contributed by atoms with Crippen LogP contribution in [0.15, 0.2) is 17.1 Å². The monoisotopic (exact) mass is 407 g/mol. The predicted molar refractivity (Wildman–Crippen MR) is 102 cm³/mol. The third-order valence-electron chi connectivity index (χ3n) is 5.92. The summed E-state index contributed by atoms with van der Waals surface area (Å²) in [6.45, 7) is 3.41. The number of ether oxygens (including phenoxy) is 1. The number of rotatable bonds is 3. The van der Waals surface area contributed by atoms with E-state index >= 15 is 4.39 Å². The van der Waals surface area contributed by atoms with Gasteiger partial charge < -0.3 is 19.3 Å². The van der Waals surface area contributed by atoms with Crippen molar-refractivity contribution in [1.82, 2.24) is 9.47 Å². The maximum absolute atomic E-state index is 15.2. The van der Waals surface area contributed by atoms with Gasteiger partial charge in [0.2, 0.25) is 5.43 Å². The van der Waals surface area contributed by atoms with Gasteiger partial charge in [0, 0.05) is 38.3 Å². The number of hydrogen-bond donors (Lipinski definition) is 1. The molecule has 0 amide bonds. The second kappa shape index (κ2) is 6.35. The molecule has 2 saturated heterocycles. The van der Waals surface area contributed by atoms with Crippen LogP contribution in [0, 0.1) is 5.82 Å². The molecule has 0 spiro atoms. The lowest BCUT2D eigenvalue weighted by atomic mass is 10.1. The van der Waals surface area contributed by atoms with Gasteiger partial charge in [-0.3, -0.25) is 9.69 Å². The number of carbonyl (C=O) groups is 1. The molecule has 1 aliphatic carbocycles. The van der Waals surface area contributed by atoms with Crippen molar-refractivity contribution in [3.05, 3.63) is 33.3 Å². The topological polar surface area (TPSA) is 75.0 Å². The molecule has 2 unspecified atom stereocenters. The van der Waals surface area contributed by atoms with Crippen LogP contribution in [0.3, 0.4) is 0 Å². The summed E-state index contributed by atoms with van der Waals surface area (Å²) >= 11 is 6.71. The molecule has 2 bridgehead atoms. The third-order valence-corrected chi connectivity index (χ3v) is 6.28. The van der Waals surface area contributed by atoms with E-state index in [4.69, 9.17) is 16.7 Å². The molecule has 2 aliphatic heterocycles. The fraction of sp³-hybridized carbons (Fsp3) is 0.474. The zero-order chi connectivity index (χ0) is 19.6. The number of pyridine rings is 1. The van der Waals surface area contributed by atoms with Crippen molar-refractivity contribution in [3.8, 4) is 5.75 Å². The van der Waals surface area contributed by atoms with Crippen LogP contribution in [0.2, 0.25) is 5.02 Å². The minimum atomic E-state index is -1.58. The zero-order valence-electron chi connectivity index (χ0n) is 15.0. The van der Waals surface area contributed by atoms with E-state index in [1.807, 2.05) is 4.90 Å². The zero-order valence-corrected chi connectivity index (χ0v) is 15.8. The van der Waals surface area contributed by atoms with Gasteiger partial charge in [-0.1, -0.05) is 11.6 Å². The summed E-state index contributed by atoms with van der Waals surface area (Å²) in [4.78, 5) is 28.0. The van der Waals surface area contributed by atoms with Gasteiger partial charge in [0.05, 0.1) is 27.8 Å². The Morgan fingerprint density at radius 1 is 1.21 bits per heavy atom. The first-order valence-corrected chi connectivity index (χ1v) is 9.78. The first-order chi connectivity index (χ1) is 13.4. The van der Waals surface area contributed by atoms with Crippen molar-refractivity contribution >= 4 is 34.3 Å². The summed E-state index contributed by atoms with van der Waals surface area (Å²) in [5, 5.41) is 9.16. The Kier molecular flexibility index (Phi) is 4.03. The molecule has 2 atom stereocenters. The third kappa shape index (κ3) is 2.74. The van der Waals surface area contributed by atoms with Gasteiger partial charge >= 0.3 is 6.16 Å². The first kappa shape index (κ1) is 17.8. The van der Waals surface area contributed by atoms with Gasteiger partial charge in [0.15, 0.2) is 5.75 Å². The average molecular weight is 408 g/mol. The fourth-order valence-corrected chi connectivity index (χ4v) is 4.87. The summed E-state index contributed by atoms with van der Waals surface area (Å²) in [7, 11) is 0. The minimum absolute atomic E-state index is 0.0435. The van der Waals surface area contributed by atoms with E-state index in [0.717, 1.165) is 38.9 Å². The molecule has 1 aromatic carbocycles. The number of anilines is 1. The number of piperazine rings is 1.